The molecule has 1 atom stereocenters. The molecule has 0 spiro atoms. The van der Waals surface area contributed by atoms with Crippen LogP contribution >= 0.6 is 11.6 Å². The molecule has 4 aromatic rings. The fraction of sp³-hybridized carbons (Fsp3) is 0.361. The van der Waals surface area contributed by atoms with Crippen molar-refractivity contribution in [1.29, 1.82) is 0 Å². The van der Waals surface area contributed by atoms with Crippen LogP contribution < -0.4 is 15.2 Å². The van der Waals surface area contributed by atoms with Crippen LogP contribution in [0.15, 0.2) is 69.9 Å². The van der Waals surface area contributed by atoms with E-state index in [4.69, 9.17) is 28.0 Å². The number of aromatic hydroxyl groups is 1. The summed E-state index contributed by atoms with van der Waals surface area (Å²) in [6, 6.07) is 11.5. The van der Waals surface area contributed by atoms with Crippen molar-refractivity contribution in [2.45, 2.75) is 89.6 Å². The maximum absolute atomic E-state index is 13.6. The molecule has 280 valence electrons. The first-order valence-corrected chi connectivity index (χ1v) is 18.5. The summed E-state index contributed by atoms with van der Waals surface area (Å²) < 4.78 is 30.9. The summed E-state index contributed by atoms with van der Waals surface area (Å²) in [5, 5.41) is 42.5. The number of ether oxygens (including phenoxy) is 1. The lowest BCUT2D eigenvalue weighted by atomic mass is 9.76. The second kappa shape index (κ2) is 15.7. The number of nitrogens with two attached hydrogens (primary N) is 1. The van der Waals surface area contributed by atoms with Crippen LogP contribution in [0.4, 0.5) is 28.6 Å². The maximum atomic E-state index is 13.6. The number of anilines is 1. The number of benzene rings is 3. The van der Waals surface area contributed by atoms with Crippen molar-refractivity contribution in [2.24, 2.45) is 15.4 Å². The number of nitro benzene ring substituents is 1. The van der Waals surface area contributed by atoms with Crippen molar-refractivity contribution in [3.05, 3.63) is 92.4 Å². The van der Waals surface area contributed by atoms with Crippen LogP contribution in [0.5, 0.6) is 11.5 Å². The Morgan fingerprint density at radius 2 is 1.79 bits per heavy atom. The summed E-state index contributed by atoms with van der Waals surface area (Å²) in [5.74, 6) is -0.661. The van der Waals surface area contributed by atoms with E-state index in [9.17, 15) is 28.4 Å². The van der Waals surface area contributed by atoms with Gasteiger partial charge in [0.1, 0.15) is 11.4 Å². The molecule has 0 aliphatic carbocycles. The number of hydrogen-bond donors (Lipinski definition) is 3. The van der Waals surface area contributed by atoms with E-state index in [1.165, 1.54) is 12.1 Å². The Morgan fingerprint density at radius 3 is 2.38 bits per heavy atom. The molecule has 0 aliphatic heterocycles. The Labute approximate surface area is 312 Å². The fourth-order valence-electron chi connectivity index (χ4n) is 5.20. The van der Waals surface area contributed by atoms with Gasteiger partial charge in [-0.3, -0.25) is 14.9 Å². The molecule has 0 aliphatic rings. The average Bonchev–Trinajstić information content (AvgIpc) is 3.53. The number of rotatable bonds is 14. The minimum Gasteiger partial charge on any atom is -0.504 e. The zero-order valence-electron chi connectivity index (χ0n) is 30.3. The third-order valence-corrected chi connectivity index (χ3v) is 10.5. The SMILES string of the molecule is [C-]#[N+]c1cnn(-c2ccc(S(N)(=O)=O)cc2[N+](=O)[O-])c1/N=N/c1cc(Cl)c(O)c(NC(=O)C(CC)Oc2ccc(C(C)(C)CC)cc2C(C)(C)CC)c1. The summed E-state index contributed by atoms with van der Waals surface area (Å²) >= 11 is 6.32. The van der Waals surface area contributed by atoms with Gasteiger partial charge in [0.05, 0.1) is 39.0 Å². The standard InChI is InChI=1S/C36H41ClN8O7S/c1-9-30(52-31-15-12-21(35(4,5)10-2)16-24(31)36(6,7)11-3)34(47)41-26-18-22(17-25(37)32(26)46)42-43-33-27(39-8)20-40-44(33)28-14-13-23(53(38,50)51)19-29(28)45(48)49/h12-20,30,46H,9-11H2,1-7H3,(H,41,47)(H2,38,50,51)/b43-42+. The van der Waals surface area contributed by atoms with Crippen LogP contribution in [0.25, 0.3) is 10.5 Å². The van der Waals surface area contributed by atoms with Gasteiger partial charge < -0.3 is 15.2 Å². The highest BCUT2D eigenvalue weighted by atomic mass is 35.5. The van der Waals surface area contributed by atoms with Crippen LogP contribution in [0.3, 0.4) is 0 Å². The van der Waals surface area contributed by atoms with Gasteiger partial charge in [0.15, 0.2) is 17.7 Å². The van der Waals surface area contributed by atoms with Gasteiger partial charge in [-0.1, -0.05) is 72.2 Å². The third-order valence-electron chi connectivity index (χ3n) is 9.30. The first-order chi connectivity index (χ1) is 24.8. The number of nitro groups is 1. The number of carbonyl (C=O) groups is 1. The van der Waals surface area contributed by atoms with E-state index in [1.807, 2.05) is 12.1 Å². The summed E-state index contributed by atoms with van der Waals surface area (Å²) in [6.07, 6.45) is 2.21. The number of nitrogens with one attached hydrogen (secondary N) is 1. The second-order valence-corrected chi connectivity index (χ2v) is 15.5. The van der Waals surface area contributed by atoms with E-state index >= 15 is 0 Å². The smallest absolute Gasteiger partial charge is 0.296 e. The molecule has 0 radical (unpaired) electrons. The Morgan fingerprint density at radius 1 is 1.11 bits per heavy atom. The molecule has 1 heterocycles. The molecule has 0 saturated heterocycles. The molecule has 0 saturated carbocycles. The van der Waals surface area contributed by atoms with Gasteiger partial charge in [0.25, 0.3) is 17.3 Å². The van der Waals surface area contributed by atoms with Gasteiger partial charge in [-0.25, -0.2) is 23.1 Å². The van der Waals surface area contributed by atoms with E-state index in [2.05, 4.69) is 73.1 Å². The molecule has 3 aromatic carbocycles. The Kier molecular flexibility index (Phi) is 12.0. The summed E-state index contributed by atoms with van der Waals surface area (Å²) in [7, 11) is -4.27. The lowest BCUT2D eigenvalue weighted by molar-refractivity contribution is -0.384. The minimum atomic E-state index is -4.27. The first kappa shape index (κ1) is 40.4. The Balaban J connectivity index is 1.68. The summed E-state index contributed by atoms with van der Waals surface area (Å²) in [5.41, 5.74) is 0.718. The lowest BCUT2D eigenvalue weighted by Crippen LogP contribution is -2.33. The van der Waals surface area contributed by atoms with Gasteiger partial charge >= 0.3 is 0 Å². The second-order valence-electron chi connectivity index (χ2n) is 13.5. The zero-order chi connectivity index (χ0) is 39.5. The quantitative estimate of drug-likeness (QED) is 0.0370. The number of halogens is 1. The number of primary sulfonamides is 1. The van der Waals surface area contributed by atoms with Gasteiger partial charge in [-0.05, 0) is 66.0 Å². The molecule has 17 heteroatoms. The van der Waals surface area contributed by atoms with E-state index in [0.717, 1.165) is 53.0 Å². The summed E-state index contributed by atoms with van der Waals surface area (Å²) in [4.78, 5) is 27.5. The highest BCUT2D eigenvalue weighted by Gasteiger charge is 2.30. The molecule has 0 fully saturated rings. The number of sulfonamides is 1. The molecular formula is C36H41ClN8O7S. The van der Waals surface area contributed by atoms with Gasteiger partial charge in [0, 0.05) is 11.6 Å². The van der Waals surface area contributed by atoms with Crippen LogP contribution in [-0.4, -0.2) is 40.2 Å². The van der Waals surface area contributed by atoms with E-state index in [0.29, 0.717) is 12.2 Å². The van der Waals surface area contributed by atoms with Crippen molar-refractivity contribution in [2.75, 3.05) is 5.32 Å². The van der Waals surface area contributed by atoms with Gasteiger partial charge in [-0.2, -0.15) is 10.2 Å². The Hall–Kier alpha value is -5.37. The molecule has 15 nitrogen and oxygen atoms in total. The van der Waals surface area contributed by atoms with Gasteiger partial charge in [0.2, 0.25) is 10.0 Å². The maximum Gasteiger partial charge on any atom is 0.296 e. The monoisotopic (exact) mass is 764 g/mol. The Bertz CT molecular complexity index is 2240. The van der Waals surface area contributed by atoms with Crippen LogP contribution in [0.1, 0.15) is 78.9 Å². The average molecular weight is 765 g/mol. The molecule has 0 bridgehead atoms. The number of hydrogen-bond acceptors (Lipinski definition) is 10. The lowest BCUT2D eigenvalue weighted by Gasteiger charge is -2.31. The molecule has 53 heavy (non-hydrogen) atoms. The van der Waals surface area contributed by atoms with Crippen molar-refractivity contribution < 1.29 is 28.0 Å². The highest BCUT2D eigenvalue weighted by molar-refractivity contribution is 7.89. The predicted molar refractivity (Wildman–Crippen MR) is 202 cm³/mol. The first-order valence-electron chi connectivity index (χ1n) is 16.6. The predicted octanol–water partition coefficient (Wildman–Crippen LogP) is 8.92. The number of azo groups is 1. The van der Waals surface area contributed by atoms with Crippen molar-refractivity contribution in [3.63, 3.8) is 0 Å². The van der Waals surface area contributed by atoms with Crippen LogP contribution in [-0.2, 0) is 25.6 Å². The molecule has 1 aromatic heterocycles. The third kappa shape index (κ3) is 8.82. The largest absolute Gasteiger partial charge is 0.504 e. The van der Waals surface area contributed by atoms with Crippen molar-refractivity contribution in [3.8, 4) is 17.2 Å². The number of nitrogens with zero attached hydrogens (tertiary/aromatic N) is 6. The topological polar surface area (TPSA) is 209 Å². The molecule has 4 N–H and O–H groups in total. The number of carbonyl (C=O) groups excluding carboxylic acids is 1. The van der Waals surface area contributed by atoms with E-state index in [-0.39, 0.29) is 44.4 Å². The molecular weight excluding hydrogens is 724 g/mol. The summed E-state index contributed by atoms with van der Waals surface area (Å²) in [6.45, 7) is 22.2. The zero-order valence-corrected chi connectivity index (χ0v) is 31.9. The van der Waals surface area contributed by atoms with E-state index in [1.54, 1.807) is 6.92 Å². The van der Waals surface area contributed by atoms with Gasteiger partial charge in [-0.15, -0.1) is 5.11 Å². The number of amides is 1. The normalized spacial score (nSPS) is 12.8. The van der Waals surface area contributed by atoms with E-state index < -0.39 is 43.3 Å². The number of phenols is 1. The van der Waals surface area contributed by atoms with Crippen molar-refractivity contribution >= 4 is 56.1 Å². The molecule has 1 unspecified atom stereocenters. The van der Waals surface area contributed by atoms with Crippen LogP contribution in [0.2, 0.25) is 5.02 Å². The highest BCUT2D eigenvalue weighted by Crippen LogP contribution is 2.41. The minimum absolute atomic E-state index is 0.0286. The number of aromatic nitrogens is 2. The number of phenolic OH excluding ortho intramolecular Hbond substituents is 1. The fourth-order valence-corrected chi connectivity index (χ4v) is 5.94. The molecule has 4 rings (SSSR count). The van der Waals surface area contributed by atoms with Crippen molar-refractivity contribution in [1.82, 2.24) is 9.78 Å². The molecule has 1 amide bonds. The van der Waals surface area contributed by atoms with Crippen LogP contribution in [0, 0.1) is 16.7 Å².